The van der Waals surface area contributed by atoms with E-state index >= 15 is 0 Å². The van der Waals surface area contributed by atoms with Crippen LogP contribution in [-0.2, 0) is 0 Å². The number of rotatable bonds is 4. The number of anilines is 2. The standard InChI is InChI=1S/C14H16F2N6/c15-14(16)11-8-12(18-9-17-11)20-10-3-6-22(7-4-10)13-2-1-5-19-21-13/h1-2,5,8-10,14H,3-4,6-7H2,(H,17,18,20). The molecule has 22 heavy (non-hydrogen) atoms. The first-order valence-corrected chi connectivity index (χ1v) is 7.11. The second-order valence-electron chi connectivity index (χ2n) is 5.12. The summed E-state index contributed by atoms with van der Waals surface area (Å²) in [6.07, 6.45) is 1.99. The Morgan fingerprint density at radius 2 is 2.05 bits per heavy atom. The number of halogens is 2. The first-order valence-electron chi connectivity index (χ1n) is 7.11. The SMILES string of the molecule is FC(F)c1cc(NC2CCN(c3cccnn3)CC2)ncn1. The van der Waals surface area contributed by atoms with E-state index in [0.717, 1.165) is 31.7 Å². The van der Waals surface area contributed by atoms with Gasteiger partial charge in [-0.1, -0.05) is 0 Å². The van der Waals surface area contributed by atoms with Crippen molar-refractivity contribution < 1.29 is 8.78 Å². The van der Waals surface area contributed by atoms with Crippen LogP contribution in [0.4, 0.5) is 20.4 Å². The summed E-state index contributed by atoms with van der Waals surface area (Å²) >= 11 is 0. The Balaban J connectivity index is 1.57. The number of nitrogens with zero attached hydrogens (tertiary/aromatic N) is 5. The molecule has 0 saturated carbocycles. The van der Waals surface area contributed by atoms with Crippen LogP contribution < -0.4 is 10.2 Å². The highest BCUT2D eigenvalue weighted by atomic mass is 19.3. The third-order valence-electron chi connectivity index (χ3n) is 3.64. The Hall–Kier alpha value is -2.38. The average molecular weight is 306 g/mol. The monoisotopic (exact) mass is 306 g/mol. The first kappa shape index (κ1) is 14.6. The Morgan fingerprint density at radius 3 is 2.73 bits per heavy atom. The van der Waals surface area contributed by atoms with Crippen LogP contribution in [0.2, 0.25) is 0 Å². The zero-order valence-corrected chi connectivity index (χ0v) is 11.9. The predicted octanol–water partition coefficient (Wildman–Crippen LogP) is 2.29. The number of aromatic nitrogens is 4. The van der Waals surface area contributed by atoms with Gasteiger partial charge in [-0.05, 0) is 25.0 Å². The van der Waals surface area contributed by atoms with Gasteiger partial charge in [-0.25, -0.2) is 18.7 Å². The second-order valence-corrected chi connectivity index (χ2v) is 5.12. The highest BCUT2D eigenvalue weighted by molar-refractivity contribution is 5.39. The van der Waals surface area contributed by atoms with Crippen molar-refractivity contribution in [3.63, 3.8) is 0 Å². The van der Waals surface area contributed by atoms with Gasteiger partial charge in [0.2, 0.25) is 0 Å². The van der Waals surface area contributed by atoms with Crippen LogP contribution in [0.1, 0.15) is 25.0 Å². The Bertz CT molecular complexity index is 601. The largest absolute Gasteiger partial charge is 0.367 e. The Kier molecular flexibility index (Phi) is 4.36. The molecule has 8 heteroatoms. The van der Waals surface area contributed by atoms with Gasteiger partial charge in [-0.3, -0.25) is 0 Å². The van der Waals surface area contributed by atoms with Gasteiger partial charge in [-0.15, -0.1) is 5.10 Å². The number of piperidine rings is 1. The lowest BCUT2D eigenvalue weighted by Crippen LogP contribution is -2.39. The van der Waals surface area contributed by atoms with E-state index in [4.69, 9.17) is 0 Å². The molecule has 0 aromatic carbocycles. The van der Waals surface area contributed by atoms with Crippen LogP contribution in [0.25, 0.3) is 0 Å². The fourth-order valence-corrected chi connectivity index (χ4v) is 2.49. The summed E-state index contributed by atoms with van der Waals surface area (Å²) < 4.78 is 25.3. The molecule has 0 radical (unpaired) electrons. The number of hydrogen-bond acceptors (Lipinski definition) is 6. The summed E-state index contributed by atoms with van der Waals surface area (Å²) in [4.78, 5) is 9.72. The third kappa shape index (κ3) is 3.44. The molecule has 2 aromatic rings. The molecule has 6 nitrogen and oxygen atoms in total. The van der Waals surface area contributed by atoms with Crippen LogP contribution in [-0.4, -0.2) is 39.3 Å². The quantitative estimate of drug-likeness (QED) is 0.935. The number of nitrogens with one attached hydrogen (secondary N) is 1. The van der Waals surface area contributed by atoms with Gasteiger partial charge in [0, 0.05) is 31.4 Å². The van der Waals surface area contributed by atoms with E-state index in [9.17, 15) is 8.78 Å². The lowest BCUT2D eigenvalue weighted by atomic mass is 10.1. The molecular formula is C14H16F2N6. The van der Waals surface area contributed by atoms with Crippen molar-refractivity contribution in [2.45, 2.75) is 25.3 Å². The molecule has 1 N–H and O–H groups in total. The summed E-state index contributed by atoms with van der Waals surface area (Å²) in [5, 5.41) is 11.2. The maximum Gasteiger partial charge on any atom is 0.280 e. The molecule has 0 amide bonds. The molecule has 1 saturated heterocycles. The van der Waals surface area contributed by atoms with Gasteiger partial charge in [0.05, 0.1) is 0 Å². The normalized spacial score (nSPS) is 16.0. The van der Waals surface area contributed by atoms with Crippen LogP contribution in [0.15, 0.2) is 30.7 Å². The molecule has 0 spiro atoms. The maximum absolute atomic E-state index is 12.6. The summed E-state index contributed by atoms with van der Waals surface area (Å²) in [5.41, 5.74) is -0.255. The van der Waals surface area contributed by atoms with Crippen molar-refractivity contribution in [3.05, 3.63) is 36.4 Å². The smallest absolute Gasteiger partial charge is 0.280 e. The van der Waals surface area contributed by atoms with Gasteiger partial charge >= 0.3 is 0 Å². The van der Waals surface area contributed by atoms with Crippen molar-refractivity contribution in [1.29, 1.82) is 0 Å². The molecular weight excluding hydrogens is 290 g/mol. The predicted molar refractivity (Wildman–Crippen MR) is 77.9 cm³/mol. The molecule has 2 aromatic heterocycles. The molecule has 1 aliphatic heterocycles. The average Bonchev–Trinajstić information content (AvgIpc) is 2.56. The van der Waals surface area contributed by atoms with Crippen molar-refractivity contribution in [3.8, 4) is 0 Å². The fourth-order valence-electron chi connectivity index (χ4n) is 2.49. The molecule has 3 rings (SSSR count). The van der Waals surface area contributed by atoms with Crippen molar-refractivity contribution in [1.82, 2.24) is 20.2 Å². The van der Waals surface area contributed by atoms with Crippen molar-refractivity contribution >= 4 is 11.6 Å². The molecule has 1 fully saturated rings. The van der Waals surface area contributed by atoms with Crippen LogP contribution in [0.3, 0.4) is 0 Å². The molecule has 116 valence electrons. The highest BCUT2D eigenvalue weighted by Crippen LogP contribution is 2.21. The minimum atomic E-state index is -2.58. The lowest BCUT2D eigenvalue weighted by molar-refractivity contribution is 0.146. The number of alkyl halides is 2. The summed E-state index contributed by atoms with van der Waals surface area (Å²) in [5.74, 6) is 1.31. The summed E-state index contributed by atoms with van der Waals surface area (Å²) in [6, 6.07) is 5.30. The summed E-state index contributed by atoms with van der Waals surface area (Å²) in [6.45, 7) is 1.67. The Labute approximate surface area is 126 Å². The van der Waals surface area contributed by atoms with E-state index in [1.165, 1.54) is 12.4 Å². The maximum atomic E-state index is 12.6. The van der Waals surface area contributed by atoms with Crippen LogP contribution in [0.5, 0.6) is 0 Å². The molecule has 0 aliphatic carbocycles. The van der Waals surface area contributed by atoms with Gasteiger partial charge < -0.3 is 10.2 Å². The zero-order chi connectivity index (χ0) is 15.4. The Morgan fingerprint density at radius 1 is 1.23 bits per heavy atom. The van der Waals surface area contributed by atoms with E-state index in [1.54, 1.807) is 6.20 Å². The van der Waals surface area contributed by atoms with Gasteiger partial charge in [0.15, 0.2) is 5.82 Å². The van der Waals surface area contributed by atoms with Gasteiger partial charge in [0.25, 0.3) is 6.43 Å². The molecule has 1 aliphatic rings. The van der Waals surface area contributed by atoms with E-state index in [2.05, 4.69) is 30.4 Å². The number of hydrogen-bond donors (Lipinski definition) is 1. The molecule has 3 heterocycles. The van der Waals surface area contributed by atoms with E-state index in [-0.39, 0.29) is 11.7 Å². The molecule has 0 bridgehead atoms. The van der Waals surface area contributed by atoms with Gasteiger partial charge in [-0.2, -0.15) is 5.10 Å². The van der Waals surface area contributed by atoms with Crippen LogP contribution in [0, 0.1) is 0 Å². The van der Waals surface area contributed by atoms with E-state index in [1.807, 2.05) is 12.1 Å². The van der Waals surface area contributed by atoms with E-state index in [0.29, 0.717) is 5.82 Å². The minimum Gasteiger partial charge on any atom is -0.367 e. The molecule has 0 atom stereocenters. The summed E-state index contributed by atoms with van der Waals surface area (Å²) in [7, 11) is 0. The van der Waals surface area contributed by atoms with Crippen molar-refractivity contribution in [2.24, 2.45) is 0 Å². The second kappa shape index (κ2) is 6.59. The third-order valence-corrected chi connectivity index (χ3v) is 3.64. The first-order chi connectivity index (χ1) is 10.7. The highest BCUT2D eigenvalue weighted by Gasteiger charge is 2.21. The van der Waals surface area contributed by atoms with Crippen LogP contribution >= 0.6 is 0 Å². The minimum absolute atomic E-state index is 0.202. The topological polar surface area (TPSA) is 66.8 Å². The van der Waals surface area contributed by atoms with Gasteiger partial charge in [0.1, 0.15) is 17.8 Å². The van der Waals surface area contributed by atoms with Crippen molar-refractivity contribution in [2.75, 3.05) is 23.3 Å². The zero-order valence-electron chi connectivity index (χ0n) is 11.9. The molecule has 0 unspecified atom stereocenters. The fraction of sp³-hybridized carbons (Fsp3) is 0.429. The lowest BCUT2D eigenvalue weighted by Gasteiger charge is -2.33. The van der Waals surface area contributed by atoms with E-state index < -0.39 is 6.43 Å².